The lowest BCUT2D eigenvalue weighted by molar-refractivity contribution is 0.0713. The van der Waals surface area contributed by atoms with Gasteiger partial charge in [-0.2, -0.15) is 0 Å². The SMILES string of the molecule is CC(C)NC(=O)c1cn(CC2CC(F)CN2C(=O)c2ccc(F)c(F)c2)nn1. The van der Waals surface area contributed by atoms with E-state index < -0.39 is 29.8 Å². The average Bonchev–Trinajstić information content (AvgIpc) is 3.23. The molecule has 1 fully saturated rings. The molecule has 2 aromatic rings. The highest BCUT2D eigenvalue weighted by molar-refractivity contribution is 5.94. The van der Waals surface area contributed by atoms with Crippen LogP contribution in [-0.2, 0) is 6.54 Å². The monoisotopic (exact) mass is 395 g/mol. The summed E-state index contributed by atoms with van der Waals surface area (Å²) in [4.78, 5) is 25.9. The minimum Gasteiger partial charge on any atom is -0.348 e. The molecule has 0 radical (unpaired) electrons. The topological polar surface area (TPSA) is 80.1 Å². The maximum absolute atomic E-state index is 14.0. The van der Waals surface area contributed by atoms with Gasteiger partial charge in [0.1, 0.15) is 6.17 Å². The van der Waals surface area contributed by atoms with Crippen LogP contribution in [0.1, 0.15) is 41.1 Å². The van der Waals surface area contributed by atoms with Gasteiger partial charge in [-0.1, -0.05) is 5.21 Å². The van der Waals surface area contributed by atoms with Crippen LogP contribution in [0.15, 0.2) is 24.4 Å². The lowest BCUT2D eigenvalue weighted by Crippen LogP contribution is -2.38. The first kappa shape index (κ1) is 19.8. The number of nitrogens with zero attached hydrogens (tertiary/aromatic N) is 4. The number of rotatable bonds is 5. The van der Waals surface area contributed by atoms with Gasteiger partial charge in [0.25, 0.3) is 11.8 Å². The molecule has 2 amide bonds. The molecule has 1 aliphatic rings. The molecule has 2 atom stereocenters. The quantitative estimate of drug-likeness (QED) is 0.839. The van der Waals surface area contributed by atoms with E-state index in [1.165, 1.54) is 15.8 Å². The molecular formula is C18H20F3N5O2. The zero-order valence-corrected chi connectivity index (χ0v) is 15.4. The molecule has 10 heteroatoms. The molecule has 0 bridgehead atoms. The van der Waals surface area contributed by atoms with Crippen molar-refractivity contribution in [1.82, 2.24) is 25.2 Å². The van der Waals surface area contributed by atoms with Gasteiger partial charge >= 0.3 is 0 Å². The highest BCUT2D eigenvalue weighted by atomic mass is 19.2. The number of amides is 2. The predicted octanol–water partition coefficient (Wildman–Crippen LogP) is 1.95. The maximum atomic E-state index is 14.0. The van der Waals surface area contributed by atoms with Crippen LogP contribution < -0.4 is 5.32 Å². The molecule has 150 valence electrons. The summed E-state index contributed by atoms with van der Waals surface area (Å²) in [5.41, 5.74) is 0.0515. The number of aromatic nitrogens is 3. The third kappa shape index (κ3) is 4.32. The van der Waals surface area contributed by atoms with Crippen LogP contribution in [0.5, 0.6) is 0 Å². The first-order valence-corrected chi connectivity index (χ1v) is 8.85. The maximum Gasteiger partial charge on any atom is 0.273 e. The smallest absolute Gasteiger partial charge is 0.273 e. The molecule has 1 saturated heterocycles. The summed E-state index contributed by atoms with van der Waals surface area (Å²) in [6.45, 7) is 3.59. The van der Waals surface area contributed by atoms with E-state index in [2.05, 4.69) is 15.6 Å². The Balaban J connectivity index is 1.74. The predicted molar refractivity (Wildman–Crippen MR) is 93.3 cm³/mol. The van der Waals surface area contributed by atoms with Crippen molar-refractivity contribution in [1.29, 1.82) is 0 Å². The molecule has 1 N–H and O–H groups in total. The van der Waals surface area contributed by atoms with Gasteiger partial charge < -0.3 is 10.2 Å². The molecular weight excluding hydrogens is 375 g/mol. The van der Waals surface area contributed by atoms with E-state index in [0.717, 1.165) is 18.2 Å². The van der Waals surface area contributed by atoms with E-state index in [0.29, 0.717) is 0 Å². The first-order valence-electron chi connectivity index (χ1n) is 8.85. The Morgan fingerprint density at radius 2 is 2.04 bits per heavy atom. The van der Waals surface area contributed by atoms with Crippen molar-refractivity contribution in [3.63, 3.8) is 0 Å². The van der Waals surface area contributed by atoms with Crippen molar-refractivity contribution in [2.45, 2.75) is 45.1 Å². The number of likely N-dealkylation sites (tertiary alicyclic amines) is 1. The largest absolute Gasteiger partial charge is 0.348 e. The highest BCUT2D eigenvalue weighted by Crippen LogP contribution is 2.24. The molecule has 1 aromatic carbocycles. The highest BCUT2D eigenvalue weighted by Gasteiger charge is 2.36. The molecule has 0 aliphatic carbocycles. The molecule has 0 saturated carbocycles. The molecule has 7 nitrogen and oxygen atoms in total. The van der Waals surface area contributed by atoms with Crippen molar-refractivity contribution in [3.05, 3.63) is 47.3 Å². The number of benzene rings is 1. The number of alkyl halides is 1. The van der Waals surface area contributed by atoms with Gasteiger partial charge in [0.05, 0.1) is 25.3 Å². The van der Waals surface area contributed by atoms with E-state index in [9.17, 15) is 22.8 Å². The Hall–Kier alpha value is -2.91. The Morgan fingerprint density at radius 1 is 1.29 bits per heavy atom. The van der Waals surface area contributed by atoms with E-state index in [4.69, 9.17) is 0 Å². The van der Waals surface area contributed by atoms with Crippen molar-refractivity contribution in [2.75, 3.05) is 6.54 Å². The zero-order chi connectivity index (χ0) is 20.4. The Labute approximate surface area is 159 Å². The summed E-state index contributed by atoms with van der Waals surface area (Å²) in [5, 5.41) is 10.3. The van der Waals surface area contributed by atoms with Crippen LogP contribution in [0.4, 0.5) is 13.2 Å². The van der Waals surface area contributed by atoms with Crippen LogP contribution in [0.25, 0.3) is 0 Å². The lowest BCUT2D eigenvalue weighted by atomic mass is 10.1. The van der Waals surface area contributed by atoms with Gasteiger partial charge in [0, 0.05) is 18.0 Å². The summed E-state index contributed by atoms with van der Waals surface area (Å²) >= 11 is 0. The van der Waals surface area contributed by atoms with E-state index >= 15 is 0 Å². The normalized spacial score (nSPS) is 19.3. The average molecular weight is 395 g/mol. The zero-order valence-electron chi connectivity index (χ0n) is 15.4. The standard InChI is InChI=1S/C18H20F3N5O2/c1-10(2)22-17(27)16-9-25(24-23-16)8-13-6-12(19)7-26(13)18(28)11-3-4-14(20)15(21)5-11/h3-5,9-10,12-13H,6-8H2,1-2H3,(H,22,27). The van der Waals surface area contributed by atoms with Crippen LogP contribution >= 0.6 is 0 Å². The first-order chi connectivity index (χ1) is 13.2. The molecule has 3 rings (SSSR count). The molecule has 0 spiro atoms. The fourth-order valence-electron chi connectivity index (χ4n) is 3.12. The van der Waals surface area contributed by atoms with Gasteiger partial charge in [-0.25, -0.2) is 17.9 Å². The number of carbonyl (C=O) groups is 2. The summed E-state index contributed by atoms with van der Waals surface area (Å²) in [6.07, 6.45) is 0.248. The van der Waals surface area contributed by atoms with Gasteiger partial charge in [0.2, 0.25) is 0 Å². The van der Waals surface area contributed by atoms with Crippen LogP contribution in [0, 0.1) is 11.6 Å². The Kier molecular flexibility index (Phi) is 5.66. The number of halogens is 3. The molecule has 2 unspecified atom stereocenters. The fourth-order valence-corrected chi connectivity index (χ4v) is 3.12. The van der Waals surface area contributed by atoms with Gasteiger partial charge in [-0.15, -0.1) is 5.10 Å². The van der Waals surface area contributed by atoms with Crippen molar-refractivity contribution in [3.8, 4) is 0 Å². The number of carbonyl (C=O) groups excluding carboxylic acids is 2. The number of nitrogens with one attached hydrogen (secondary N) is 1. The van der Waals surface area contributed by atoms with E-state index in [1.807, 2.05) is 13.8 Å². The summed E-state index contributed by atoms with van der Waals surface area (Å²) in [5.74, 6) is -3.18. The second-order valence-corrected chi connectivity index (χ2v) is 7.03. The van der Waals surface area contributed by atoms with Crippen LogP contribution in [0.2, 0.25) is 0 Å². The number of hydrogen-bond donors (Lipinski definition) is 1. The minimum absolute atomic E-state index is 0.0615. The fraction of sp³-hybridized carbons (Fsp3) is 0.444. The van der Waals surface area contributed by atoms with Gasteiger partial charge in [-0.05, 0) is 32.0 Å². The lowest BCUT2D eigenvalue weighted by Gasteiger charge is -2.24. The third-order valence-electron chi connectivity index (χ3n) is 4.38. The summed E-state index contributed by atoms with van der Waals surface area (Å²) in [7, 11) is 0. The van der Waals surface area contributed by atoms with Crippen molar-refractivity contribution in [2.24, 2.45) is 0 Å². The molecule has 2 heterocycles. The number of hydrogen-bond acceptors (Lipinski definition) is 4. The van der Waals surface area contributed by atoms with Crippen LogP contribution in [0.3, 0.4) is 0 Å². The van der Waals surface area contributed by atoms with E-state index in [1.54, 1.807) is 0 Å². The van der Waals surface area contributed by atoms with Crippen molar-refractivity contribution >= 4 is 11.8 Å². The summed E-state index contributed by atoms with van der Waals surface area (Å²) < 4.78 is 41.9. The van der Waals surface area contributed by atoms with Crippen LogP contribution in [-0.4, -0.2) is 56.5 Å². The molecule has 28 heavy (non-hydrogen) atoms. The Bertz CT molecular complexity index is 886. The van der Waals surface area contributed by atoms with Crippen molar-refractivity contribution < 1.29 is 22.8 Å². The molecule has 1 aliphatic heterocycles. The summed E-state index contributed by atoms with van der Waals surface area (Å²) in [6, 6.07) is 2.19. The molecule has 1 aromatic heterocycles. The van der Waals surface area contributed by atoms with E-state index in [-0.39, 0.29) is 42.7 Å². The Morgan fingerprint density at radius 3 is 2.71 bits per heavy atom. The third-order valence-corrected chi connectivity index (χ3v) is 4.38. The van der Waals surface area contributed by atoms with Gasteiger partial charge in [-0.3, -0.25) is 9.59 Å². The van der Waals surface area contributed by atoms with Gasteiger partial charge in [0.15, 0.2) is 17.3 Å². The second-order valence-electron chi connectivity index (χ2n) is 7.03. The second kappa shape index (κ2) is 7.99. The minimum atomic E-state index is -1.24.